The number of rotatable bonds is 9. The Morgan fingerprint density at radius 1 is 1.00 bits per heavy atom. The van der Waals surface area contributed by atoms with Gasteiger partial charge in [0.2, 0.25) is 10.0 Å². The summed E-state index contributed by atoms with van der Waals surface area (Å²) in [5.74, 6) is -1.77. The highest BCUT2D eigenvalue weighted by Crippen LogP contribution is 2.23. The monoisotopic (exact) mass is 474 g/mol. The van der Waals surface area contributed by atoms with Crippen molar-refractivity contribution in [3.63, 3.8) is 0 Å². The molecule has 3 aromatic carbocycles. The molecular formula is C24H24F2N2O4S. The lowest BCUT2D eigenvalue weighted by molar-refractivity contribution is 0.0947. The molecule has 9 heteroatoms. The Hall–Kier alpha value is -3.46. The minimum atomic E-state index is -3.76. The Morgan fingerprint density at radius 3 is 2.36 bits per heavy atom. The molecule has 6 nitrogen and oxygen atoms in total. The fourth-order valence-corrected chi connectivity index (χ4v) is 3.99. The van der Waals surface area contributed by atoms with Crippen molar-refractivity contribution in [3.05, 3.63) is 95.1 Å². The summed E-state index contributed by atoms with van der Waals surface area (Å²) in [4.78, 5) is 12.3. The van der Waals surface area contributed by atoms with Crippen LogP contribution < -0.4 is 14.4 Å². The topological polar surface area (TPSA) is 75.7 Å². The van der Waals surface area contributed by atoms with Crippen LogP contribution in [-0.4, -0.2) is 33.7 Å². The first kappa shape index (κ1) is 24.2. The average Bonchev–Trinajstić information content (AvgIpc) is 2.76. The van der Waals surface area contributed by atoms with Gasteiger partial charge in [0.05, 0.1) is 25.0 Å². The van der Waals surface area contributed by atoms with Crippen LogP contribution in [0.15, 0.2) is 66.7 Å². The van der Waals surface area contributed by atoms with Crippen molar-refractivity contribution in [2.75, 3.05) is 23.7 Å². The van der Waals surface area contributed by atoms with E-state index in [0.29, 0.717) is 24.3 Å². The normalized spacial score (nSPS) is 11.2. The number of halogens is 2. The van der Waals surface area contributed by atoms with E-state index in [9.17, 15) is 22.0 Å². The molecule has 0 heterocycles. The summed E-state index contributed by atoms with van der Waals surface area (Å²) in [7, 11) is -3.76. The highest BCUT2D eigenvalue weighted by Gasteiger charge is 2.19. The zero-order valence-corrected chi connectivity index (χ0v) is 19.0. The molecule has 0 atom stereocenters. The number of carbonyl (C=O) groups excluding carboxylic acids is 1. The van der Waals surface area contributed by atoms with Crippen molar-refractivity contribution in [3.8, 4) is 5.75 Å². The van der Waals surface area contributed by atoms with Crippen LogP contribution >= 0.6 is 0 Å². The van der Waals surface area contributed by atoms with Gasteiger partial charge >= 0.3 is 0 Å². The molecule has 0 radical (unpaired) electrons. The van der Waals surface area contributed by atoms with Crippen molar-refractivity contribution < 1.29 is 26.7 Å². The van der Waals surface area contributed by atoms with Crippen LogP contribution in [0, 0.1) is 18.6 Å². The molecule has 3 rings (SSSR count). The first-order valence-corrected chi connectivity index (χ1v) is 12.0. The van der Waals surface area contributed by atoms with Gasteiger partial charge in [0.1, 0.15) is 12.4 Å². The number of hydrogen-bond acceptors (Lipinski definition) is 4. The summed E-state index contributed by atoms with van der Waals surface area (Å²) >= 11 is 0. The standard InChI is InChI=1S/C24H24F2N2O4S/c1-17-4-3-5-21(14-17)32-13-12-27-24(29)19-8-6-18(7-9-19)16-28(33(2,30)31)20-10-11-22(25)23(26)15-20/h3-11,14-15H,12-13,16H2,1-2H3,(H,27,29). The third kappa shape index (κ3) is 6.76. The summed E-state index contributed by atoms with van der Waals surface area (Å²) in [5.41, 5.74) is 2.06. The number of anilines is 1. The van der Waals surface area contributed by atoms with Gasteiger partial charge in [-0.05, 0) is 54.4 Å². The smallest absolute Gasteiger partial charge is 0.251 e. The summed E-state index contributed by atoms with van der Waals surface area (Å²) in [5, 5.41) is 2.76. The number of aryl methyl sites for hydroxylation is 1. The van der Waals surface area contributed by atoms with Crippen molar-refractivity contribution in [1.29, 1.82) is 0 Å². The quantitative estimate of drug-likeness (QED) is 0.475. The van der Waals surface area contributed by atoms with Gasteiger partial charge in [-0.3, -0.25) is 9.10 Å². The summed E-state index contributed by atoms with van der Waals surface area (Å²) < 4.78 is 57.8. The Bertz CT molecular complexity index is 1230. The molecule has 0 fully saturated rings. The number of carbonyl (C=O) groups is 1. The van der Waals surface area contributed by atoms with Crippen molar-refractivity contribution >= 4 is 21.6 Å². The van der Waals surface area contributed by atoms with E-state index in [-0.39, 0.29) is 18.1 Å². The predicted molar refractivity (Wildman–Crippen MR) is 123 cm³/mol. The van der Waals surface area contributed by atoms with Crippen LogP contribution in [0.3, 0.4) is 0 Å². The zero-order chi connectivity index (χ0) is 24.0. The number of ether oxygens (including phenoxy) is 1. The number of amides is 1. The third-order valence-corrected chi connectivity index (χ3v) is 5.92. The van der Waals surface area contributed by atoms with Gasteiger partial charge in [0.15, 0.2) is 11.6 Å². The highest BCUT2D eigenvalue weighted by molar-refractivity contribution is 7.92. The maximum atomic E-state index is 13.6. The Labute approximate surface area is 191 Å². The zero-order valence-electron chi connectivity index (χ0n) is 18.2. The van der Waals surface area contributed by atoms with E-state index in [1.807, 2.05) is 31.2 Å². The number of hydrogen-bond donors (Lipinski definition) is 1. The Kier molecular flexibility index (Phi) is 7.65. The van der Waals surface area contributed by atoms with Crippen molar-refractivity contribution in [2.45, 2.75) is 13.5 Å². The van der Waals surface area contributed by atoms with Gasteiger partial charge in [-0.1, -0.05) is 24.3 Å². The minimum absolute atomic E-state index is 0.00632. The molecular weight excluding hydrogens is 450 g/mol. The molecule has 0 spiro atoms. The number of sulfonamides is 1. The van der Waals surface area contributed by atoms with Gasteiger partial charge in [-0.2, -0.15) is 0 Å². The first-order valence-electron chi connectivity index (χ1n) is 10.1. The molecule has 0 unspecified atom stereocenters. The van der Waals surface area contributed by atoms with Gasteiger partial charge in [0, 0.05) is 11.6 Å². The second-order valence-electron chi connectivity index (χ2n) is 7.49. The molecule has 0 aliphatic carbocycles. The fraction of sp³-hybridized carbons (Fsp3) is 0.208. The molecule has 0 aromatic heterocycles. The number of benzene rings is 3. The van der Waals surface area contributed by atoms with E-state index >= 15 is 0 Å². The first-order chi connectivity index (χ1) is 15.6. The summed E-state index contributed by atoms with van der Waals surface area (Å²) in [6.45, 7) is 2.48. The van der Waals surface area contributed by atoms with Crippen molar-refractivity contribution in [1.82, 2.24) is 5.32 Å². The van der Waals surface area contributed by atoms with Gasteiger partial charge in [-0.15, -0.1) is 0 Å². The van der Waals surface area contributed by atoms with Crippen LogP contribution in [0.1, 0.15) is 21.5 Å². The van der Waals surface area contributed by atoms with Crippen LogP contribution in [-0.2, 0) is 16.6 Å². The average molecular weight is 475 g/mol. The second kappa shape index (κ2) is 10.4. The van der Waals surface area contributed by atoms with Crippen LogP contribution in [0.4, 0.5) is 14.5 Å². The van der Waals surface area contributed by atoms with Crippen LogP contribution in [0.5, 0.6) is 5.75 Å². The van der Waals surface area contributed by atoms with E-state index in [1.54, 1.807) is 24.3 Å². The Morgan fingerprint density at radius 2 is 1.73 bits per heavy atom. The molecule has 0 saturated heterocycles. The van der Waals surface area contributed by atoms with Crippen LogP contribution in [0.25, 0.3) is 0 Å². The van der Waals surface area contributed by atoms with Crippen molar-refractivity contribution in [2.24, 2.45) is 0 Å². The SMILES string of the molecule is Cc1cccc(OCCNC(=O)c2ccc(CN(c3ccc(F)c(F)c3)S(C)(=O)=O)cc2)c1. The predicted octanol–water partition coefficient (Wildman–Crippen LogP) is 4.05. The largest absolute Gasteiger partial charge is 0.492 e. The highest BCUT2D eigenvalue weighted by atomic mass is 32.2. The van der Waals surface area contributed by atoms with Gasteiger partial charge in [0.25, 0.3) is 5.91 Å². The molecule has 0 saturated carbocycles. The maximum Gasteiger partial charge on any atom is 0.251 e. The molecule has 0 bridgehead atoms. The molecule has 0 aliphatic heterocycles. The molecule has 174 valence electrons. The van der Waals surface area contributed by atoms with Crippen LogP contribution in [0.2, 0.25) is 0 Å². The minimum Gasteiger partial charge on any atom is -0.492 e. The summed E-state index contributed by atoms with van der Waals surface area (Å²) in [6, 6.07) is 16.8. The second-order valence-corrected chi connectivity index (χ2v) is 9.39. The summed E-state index contributed by atoms with van der Waals surface area (Å²) in [6.07, 6.45) is 0.981. The van der Waals surface area contributed by atoms with E-state index in [2.05, 4.69) is 5.32 Å². The molecule has 1 N–H and O–H groups in total. The van der Waals surface area contributed by atoms with E-state index in [4.69, 9.17) is 4.74 Å². The van der Waals surface area contributed by atoms with E-state index < -0.39 is 21.7 Å². The molecule has 0 aliphatic rings. The van der Waals surface area contributed by atoms with Gasteiger partial charge in [-0.25, -0.2) is 17.2 Å². The van der Waals surface area contributed by atoms with E-state index in [0.717, 1.165) is 34.0 Å². The third-order valence-electron chi connectivity index (χ3n) is 4.78. The lowest BCUT2D eigenvalue weighted by Gasteiger charge is -2.22. The lowest BCUT2D eigenvalue weighted by Crippen LogP contribution is -2.30. The maximum absolute atomic E-state index is 13.6. The molecule has 33 heavy (non-hydrogen) atoms. The molecule has 1 amide bonds. The number of nitrogens with zero attached hydrogens (tertiary/aromatic N) is 1. The molecule has 3 aromatic rings. The fourth-order valence-electron chi connectivity index (χ4n) is 3.11. The lowest BCUT2D eigenvalue weighted by atomic mass is 10.1. The number of nitrogens with one attached hydrogen (secondary N) is 1. The van der Waals surface area contributed by atoms with Gasteiger partial charge < -0.3 is 10.1 Å². The Balaban J connectivity index is 1.59. The van der Waals surface area contributed by atoms with E-state index in [1.165, 1.54) is 6.07 Å².